The van der Waals surface area contributed by atoms with Gasteiger partial charge in [0.05, 0.1) is 46.6 Å². The molecule has 1 atom stereocenters. The molecule has 0 fully saturated rings. The molecule has 9 nitrogen and oxygen atoms in total. The number of methoxy groups -OCH3 is 1. The SMILES string of the molecule is CCOc1ccc([C@@H]2C(C(=O)OC)=CN=c3s/c(=C/c4cc(I)c(OCc5cccc(Cl)c5)c(OCC)c4)c(=O)n32)cc1OCC. The van der Waals surface area contributed by atoms with Gasteiger partial charge in [0.2, 0.25) is 0 Å². The van der Waals surface area contributed by atoms with E-state index in [1.807, 2.05) is 63.2 Å². The predicted molar refractivity (Wildman–Crippen MR) is 186 cm³/mol. The van der Waals surface area contributed by atoms with Gasteiger partial charge in [-0.15, -0.1) is 0 Å². The summed E-state index contributed by atoms with van der Waals surface area (Å²) >= 11 is 9.57. The molecule has 0 saturated carbocycles. The van der Waals surface area contributed by atoms with Crippen molar-refractivity contribution in [3.05, 3.63) is 111 Å². The molecular formula is C34H32ClIN2O7S. The summed E-state index contributed by atoms with van der Waals surface area (Å²) in [5.74, 6) is 1.66. The zero-order valence-electron chi connectivity index (χ0n) is 25.7. The van der Waals surface area contributed by atoms with Gasteiger partial charge in [-0.25, -0.2) is 9.79 Å². The maximum Gasteiger partial charge on any atom is 0.337 e. The average molecular weight is 775 g/mol. The monoisotopic (exact) mass is 774 g/mol. The third-order valence-corrected chi connectivity index (χ3v) is 8.94. The highest BCUT2D eigenvalue weighted by molar-refractivity contribution is 14.1. The number of esters is 1. The first-order valence-electron chi connectivity index (χ1n) is 14.6. The summed E-state index contributed by atoms with van der Waals surface area (Å²) in [4.78, 5) is 31.9. The Morgan fingerprint density at radius 3 is 2.43 bits per heavy atom. The van der Waals surface area contributed by atoms with Gasteiger partial charge >= 0.3 is 5.97 Å². The van der Waals surface area contributed by atoms with E-state index < -0.39 is 12.0 Å². The van der Waals surface area contributed by atoms with E-state index in [1.165, 1.54) is 29.2 Å². The van der Waals surface area contributed by atoms with Gasteiger partial charge in [0.15, 0.2) is 27.8 Å². The number of rotatable bonds is 12. The number of carbonyl (C=O) groups excluding carboxylic acids is 1. The molecule has 5 rings (SSSR count). The minimum atomic E-state index is -0.790. The fourth-order valence-corrected chi connectivity index (χ4v) is 6.96. The second kappa shape index (κ2) is 15.2. The van der Waals surface area contributed by atoms with Crippen molar-refractivity contribution in [2.24, 2.45) is 4.99 Å². The molecule has 1 aromatic heterocycles. The zero-order valence-corrected chi connectivity index (χ0v) is 29.4. The summed E-state index contributed by atoms with van der Waals surface area (Å²) in [7, 11) is 1.30. The standard InChI is InChI=1S/C34H32ClIN2O7S/c1-5-42-26-12-11-22(17-27(26)43-6-2)30-24(33(40)41-4)18-37-34-38(30)32(39)29(46-34)16-21-14-25(36)31(28(15-21)44-7-3)45-19-20-9-8-10-23(35)13-20/h8-18,30H,5-7,19H2,1-4H3/b29-16+/t30-/m1/s1. The molecule has 0 amide bonds. The number of nitrogens with zero attached hydrogens (tertiary/aromatic N) is 2. The van der Waals surface area contributed by atoms with Crippen LogP contribution in [0.1, 0.15) is 43.5 Å². The van der Waals surface area contributed by atoms with Gasteiger partial charge in [-0.2, -0.15) is 0 Å². The predicted octanol–water partition coefficient (Wildman–Crippen LogP) is 6.05. The summed E-state index contributed by atoms with van der Waals surface area (Å²) in [5, 5.41) is 0.635. The van der Waals surface area contributed by atoms with E-state index in [1.54, 1.807) is 18.2 Å². The van der Waals surface area contributed by atoms with Gasteiger partial charge in [-0.05, 0) is 103 Å². The van der Waals surface area contributed by atoms with Crippen molar-refractivity contribution < 1.29 is 28.5 Å². The molecule has 0 N–H and O–H groups in total. The van der Waals surface area contributed by atoms with Crippen LogP contribution in [0, 0.1) is 3.57 Å². The molecule has 0 unspecified atom stereocenters. The molecule has 1 aliphatic heterocycles. The second-order valence-electron chi connectivity index (χ2n) is 9.93. The second-order valence-corrected chi connectivity index (χ2v) is 12.5. The van der Waals surface area contributed by atoms with Crippen LogP contribution in [0.5, 0.6) is 23.0 Å². The molecule has 4 aromatic rings. The average Bonchev–Trinajstić information content (AvgIpc) is 3.35. The van der Waals surface area contributed by atoms with Gasteiger partial charge in [0, 0.05) is 11.2 Å². The number of carbonyl (C=O) groups is 1. The summed E-state index contributed by atoms with van der Waals surface area (Å²) in [5.41, 5.74) is 2.25. The first-order valence-corrected chi connectivity index (χ1v) is 16.9. The van der Waals surface area contributed by atoms with Crippen molar-refractivity contribution in [1.29, 1.82) is 0 Å². The van der Waals surface area contributed by atoms with Crippen LogP contribution in [0.25, 0.3) is 6.08 Å². The Labute approximate surface area is 288 Å². The molecule has 0 aliphatic carbocycles. The molecule has 0 saturated heterocycles. The number of hydrogen-bond acceptors (Lipinski definition) is 9. The van der Waals surface area contributed by atoms with Gasteiger partial charge in [-0.3, -0.25) is 9.36 Å². The van der Waals surface area contributed by atoms with E-state index >= 15 is 0 Å². The van der Waals surface area contributed by atoms with E-state index in [-0.39, 0.29) is 11.1 Å². The van der Waals surface area contributed by atoms with Crippen molar-refractivity contribution in [2.75, 3.05) is 26.9 Å². The lowest BCUT2D eigenvalue weighted by molar-refractivity contribution is -0.136. The summed E-state index contributed by atoms with van der Waals surface area (Å²) < 4.78 is 31.5. The van der Waals surface area contributed by atoms with Crippen molar-refractivity contribution in [1.82, 2.24) is 4.57 Å². The van der Waals surface area contributed by atoms with Crippen LogP contribution in [0.4, 0.5) is 0 Å². The van der Waals surface area contributed by atoms with E-state index in [0.29, 0.717) is 69.3 Å². The number of aromatic nitrogens is 1. The van der Waals surface area contributed by atoms with Crippen molar-refractivity contribution in [3.63, 3.8) is 0 Å². The number of benzene rings is 3. The Balaban J connectivity index is 1.57. The highest BCUT2D eigenvalue weighted by Gasteiger charge is 2.31. The Bertz CT molecular complexity index is 1970. The van der Waals surface area contributed by atoms with Crippen LogP contribution in [-0.2, 0) is 16.1 Å². The molecule has 0 bridgehead atoms. The third kappa shape index (κ3) is 7.26. The number of hydrogen-bond donors (Lipinski definition) is 0. The van der Waals surface area contributed by atoms with Crippen LogP contribution in [0.15, 0.2) is 76.2 Å². The van der Waals surface area contributed by atoms with Gasteiger partial charge in [-0.1, -0.05) is 41.1 Å². The maximum atomic E-state index is 14.1. The normalized spacial score (nSPS) is 14.2. The fourth-order valence-electron chi connectivity index (χ4n) is 5.00. The van der Waals surface area contributed by atoms with E-state index in [4.69, 9.17) is 35.3 Å². The summed E-state index contributed by atoms with van der Waals surface area (Å²) in [6.45, 7) is 7.28. The Morgan fingerprint density at radius 2 is 1.72 bits per heavy atom. The molecular weight excluding hydrogens is 743 g/mol. The lowest BCUT2D eigenvalue weighted by Gasteiger charge is -2.23. The minimum Gasteiger partial charge on any atom is -0.490 e. The number of halogens is 2. The number of fused-ring (bicyclic) bond motifs is 1. The quantitative estimate of drug-likeness (QED) is 0.128. The maximum absolute atomic E-state index is 14.1. The van der Waals surface area contributed by atoms with Crippen LogP contribution >= 0.6 is 45.5 Å². The summed E-state index contributed by atoms with van der Waals surface area (Å²) in [6.07, 6.45) is 3.25. The van der Waals surface area contributed by atoms with Crippen molar-refractivity contribution in [2.45, 2.75) is 33.4 Å². The van der Waals surface area contributed by atoms with Crippen molar-refractivity contribution in [3.8, 4) is 23.0 Å². The van der Waals surface area contributed by atoms with E-state index in [0.717, 1.165) is 14.7 Å². The van der Waals surface area contributed by atoms with Gasteiger partial charge < -0.3 is 23.7 Å². The molecule has 3 aromatic carbocycles. The lowest BCUT2D eigenvalue weighted by Crippen LogP contribution is -2.39. The molecule has 0 radical (unpaired) electrons. The van der Waals surface area contributed by atoms with Crippen molar-refractivity contribution >= 4 is 57.6 Å². The van der Waals surface area contributed by atoms with Crippen LogP contribution in [-0.4, -0.2) is 37.5 Å². The number of ether oxygens (including phenoxy) is 5. The highest BCUT2D eigenvalue weighted by Crippen LogP contribution is 2.36. The summed E-state index contributed by atoms with van der Waals surface area (Å²) in [6, 6.07) is 15.8. The van der Waals surface area contributed by atoms with E-state index in [2.05, 4.69) is 27.6 Å². The highest BCUT2D eigenvalue weighted by atomic mass is 127. The first-order chi connectivity index (χ1) is 22.3. The van der Waals surface area contributed by atoms with Crippen LogP contribution in [0.2, 0.25) is 5.02 Å². The van der Waals surface area contributed by atoms with Crippen LogP contribution < -0.4 is 33.8 Å². The molecule has 240 valence electrons. The molecule has 0 spiro atoms. The first kappa shape index (κ1) is 33.6. The molecule has 46 heavy (non-hydrogen) atoms. The largest absolute Gasteiger partial charge is 0.490 e. The Morgan fingerprint density at radius 1 is 0.978 bits per heavy atom. The lowest BCUT2D eigenvalue weighted by atomic mass is 9.97. The molecule has 1 aliphatic rings. The molecule has 12 heteroatoms. The van der Waals surface area contributed by atoms with Gasteiger partial charge in [0.1, 0.15) is 6.61 Å². The third-order valence-electron chi connectivity index (χ3n) is 6.91. The van der Waals surface area contributed by atoms with Gasteiger partial charge in [0.25, 0.3) is 5.56 Å². The smallest absolute Gasteiger partial charge is 0.337 e. The molecule has 2 heterocycles. The van der Waals surface area contributed by atoms with E-state index in [9.17, 15) is 9.59 Å². The topological polar surface area (TPSA) is 97.6 Å². The minimum absolute atomic E-state index is 0.224. The Kier molecular flexibility index (Phi) is 11.1. The Hall–Kier alpha value is -3.81. The fraction of sp³-hybridized carbons (Fsp3) is 0.265. The van der Waals surface area contributed by atoms with Crippen LogP contribution in [0.3, 0.4) is 0 Å². The zero-order chi connectivity index (χ0) is 32.8. The number of thiazole rings is 1.